The molecule has 10 heteroatoms. The number of aromatic hydroxyl groups is 1. The maximum atomic E-state index is 13.9. The van der Waals surface area contributed by atoms with Crippen molar-refractivity contribution >= 4 is 16.9 Å². The van der Waals surface area contributed by atoms with Crippen LogP contribution in [0.5, 0.6) is 17.2 Å². The number of hydrogen-bond donors (Lipinski definition) is 1. The Hall–Kier alpha value is -4.57. The largest absolute Gasteiger partial charge is 0.502 e. The summed E-state index contributed by atoms with van der Waals surface area (Å²) in [5.41, 5.74) is 3.54. The van der Waals surface area contributed by atoms with Crippen LogP contribution in [0.15, 0.2) is 56.5 Å². The number of benzene rings is 2. The molecule has 6 rings (SSSR count). The summed E-state index contributed by atoms with van der Waals surface area (Å²) in [6.45, 7) is 2.10. The van der Waals surface area contributed by atoms with Gasteiger partial charge in [0.05, 0.1) is 45.7 Å². The first-order chi connectivity index (χ1) is 20.8. The molecule has 4 aromatic rings. The lowest BCUT2D eigenvalue weighted by atomic mass is 9.90. The third-order valence-corrected chi connectivity index (χ3v) is 8.52. The summed E-state index contributed by atoms with van der Waals surface area (Å²) in [7, 11) is 4.46. The van der Waals surface area contributed by atoms with E-state index in [1.54, 1.807) is 24.9 Å². The third-order valence-electron chi connectivity index (χ3n) is 8.52. The molecule has 0 amide bonds. The molecule has 2 aliphatic rings. The molecular weight excluding hydrogens is 552 g/mol. The highest BCUT2D eigenvalue weighted by molar-refractivity contribution is 5.84. The molecule has 0 saturated carbocycles. The van der Waals surface area contributed by atoms with E-state index in [0.717, 1.165) is 46.9 Å². The quantitative estimate of drug-likeness (QED) is 0.307. The van der Waals surface area contributed by atoms with Crippen molar-refractivity contribution in [3.05, 3.63) is 96.8 Å². The lowest BCUT2D eigenvalue weighted by molar-refractivity contribution is -0.140. The monoisotopic (exact) mass is 586 g/mol. The minimum atomic E-state index is -1.02. The fourth-order valence-corrected chi connectivity index (χ4v) is 6.40. The van der Waals surface area contributed by atoms with Crippen LogP contribution in [0.25, 0.3) is 10.9 Å². The van der Waals surface area contributed by atoms with Gasteiger partial charge in [-0.15, -0.1) is 0 Å². The van der Waals surface area contributed by atoms with Gasteiger partial charge in [0.1, 0.15) is 5.76 Å². The summed E-state index contributed by atoms with van der Waals surface area (Å²) in [4.78, 5) is 41.7. The summed E-state index contributed by atoms with van der Waals surface area (Å²) >= 11 is 0. The van der Waals surface area contributed by atoms with Crippen LogP contribution in [0.4, 0.5) is 0 Å². The van der Waals surface area contributed by atoms with Gasteiger partial charge in [0.15, 0.2) is 17.3 Å². The van der Waals surface area contributed by atoms with Gasteiger partial charge < -0.3 is 28.3 Å². The van der Waals surface area contributed by atoms with Crippen LogP contribution < -0.4 is 20.5 Å². The average Bonchev–Trinajstić information content (AvgIpc) is 3.02. The first-order valence-corrected chi connectivity index (χ1v) is 14.4. The predicted octanol–water partition coefficient (Wildman–Crippen LogP) is 3.88. The Morgan fingerprint density at radius 3 is 2.49 bits per heavy atom. The van der Waals surface area contributed by atoms with Crippen molar-refractivity contribution in [1.82, 2.24) is 9.47 Å². The van der Waals surface area contributed by atoms with Crippen molar-refractivity contribution in [2.75, 3.05) is 27.9 Å². The van der Waals surface area contributed by atoms with Gasteiger partial charge in [-0.2, -0.15) is 0 Å². The highest BCUT2D eigenvalue weighted by Gasteiger charge is 2.31. The molecule has 0 radical (unpaired) electrons. The predicted molar refractivity (Wildman–Crippen MR) is 159 cm³/mol. The molecule has 0 spiro atoms. The standard InChI is InChI=1S/C33H34N2O8/c1-40-27-13-20-9-11-34(17-22(20)14-28(27)41-2)18-23-15-26(36)31(38)32(43-23)24(16-29(37)42-3)25-12-21-7-4-6-19-8-5-10-35(30(19)21)33(25)39/h4,6-7,12-15,24,38H,5,8-11,16-18H2,1-3H3/t24-/m1/s1. The molecule has 1 N–H and O–H groups in total. The zero-order valence-electron chi connectivity index (χ0n) is 24.5. The molecule has 43 heavy (non-hydrogen) atoms. The van der Waals surface area contributed by atoms with Gasteiger partial charge in [-0.3, -0.25) is 19.3 Å². The summed E-state index contributed by atoms with van der Waals surface area (Å²) in [5, 5.41) is 11.8. The maximum absolute atomic E-state index is 13.9. The van der Waals surface area contributed by atoms with Crippen LogP contribution in [-0.4, -0.2) is 48.4 Å². The Kier molecular flexibility index (Phi) is 7.70. The van der Waals surface area contributed by atoms with E-state index in [-0.39, 0.29) is 29.8 Å². The van der Waals surface area contributed by atoms with E-state index >= 15 is 0 Å². The summed E-state index contributed by atoms with van der Waals surface area (Å²) in [6.07, 6.45) is 2.16. The van der Waals surface area contributed by atoms with E-state index in [0.29, 0.717) is 36.9 Å². The number of nitrogens with zero attached hydrogens (tertiary/aromatic N) is 2. The van der Waals surface area contributed by atoms with Gasteiger partial charge in [0, 0.05) is 31.3 Å². The number of carbonyl (C=O) groups is 1. The van der Waals surface area contributed by atoms with Crippen LogP contribution in [-0.2, 0) is 42.0 Å². The summed E-state index contributed by atoms with van der Waals surface area (Å²) in [5.74, 6) is -0.721. The number of para-hydroxylation sites is 1. The SMILES string of the molecule is COC(=O)C[C@@H](c1oc(CN2CCc3cc(OC)c(OC)cc3C2)cc(=O)c1O)c1cc2cccc3c2n(c1=O)CCC3. The van der Waals surface area contributed by atoms with Crippen molar-refractivity contribution in [3.63, 3.8) is 0 Å². The van der Waals surface area contributed by atoms with Crippen molar-refractivity contribution in [3.8, 4) is 17.2 Å². The number of rotatable bonds is 8. The second kappa shape index (κ2) is 11.6. The average molecular weight is 587 g/mol. The molecule has 10 nitrogen and oxygen atoms in total. The Morgan fingerprint density at radius 2 is 1.74 bits per heavy atom. The van der Waals surface area contributed by atoms with E-state index < -0.39 is 23.1 Å². The number of methoxy groups -OCH3 is 3. The van der Waals surface area contributed by atoms with Crippen LogP contribution >= 0.6 is 0 Å². The molecule has 0 unspecified atom stereocenters. The highest BCUT2D eigenvalue weighted by atomic mass is 16.5. The molecule has 0 bridgehead atoms. The Labute approximate surface area is 248 Å². The van der Waals surface area contributed by atoms with Gasteiger partial charge in [0.25, 0.3) is 5.56 Å². The van der Waals surface area contributed by atoms with Crippen molar-refractivity contribution in [2.24, 2.45) is 0 Å². The lowest BCUT2D eigenvalue weighted by Crippen LogP contribution is -2.31. The number of carbonyl (C=O) groups excluding carboxylic acids is 1. The molecule has 0 fully saturated rings. The lowest BCUT2D eigenvalue weighted by Gasteiger charge is -2.29. The van der Waals surface area contributed by atoms with E-state index in [9.17, 15) is 19.5 Å². The highest BCUT2D eigenvalue weighted by Crippen LogP contribution is 2.36. The van der Waals surface area contributed by atoms with Crippen LogP contribution in [0.3, 0.4) is 0 Å². The summed E-state index contributed by atoms with van der Waals surface area (Å²) < 4.78 is 23.8. The Morgan fingerprint density at radius 1 is 0.977 bits per heavy atom. The van der Waals surface area contributed by atoms with E-state index in [2.05, 4.69) is 4.90 Å². The summed E-state index contributed by atoms with van der Waals surface area (Å²) in [6, 6.07) is 12.8. The molecule has 2 aliphatic heterocycles. The van der Waals surface area contributed by atoms with Crippen LogP contribution in [0.2, 0.25) is 0 Å². The van der Waals surface area contributed by atoms with E-state index in [4.69, 9.17) is 18.6 Å². The van der Waals surface area contributed by atoms with Gasteiger partial charge in [-0.05, 0) is 59.5 Å². The smallest absolute Gasteiger partial charge is 0.306 e. The maximum Gasteiger partial charge on any atom is 0.306 e. The minimum absolute atomic E-state index is 0.118. The van der Waals surface area contributed by atoms with Crippen molar-refractivity contribution < 1.29 is 28.5 Å². The first kappa shape index (κ1) is 28.5. The molecule has 2 aromatic carbocycles. The number of pyridine rings is 1. The second-order valence-corrected chi connectivity index (χ2v) is 11.1. The molecule has 0 saturated heterocycles. The minimum Gasteiger partial charge on any atom is -0.502 e. The normalized spacial score (nSPS) is 15.1. The number of aromatic nitrogens is 1. The van der Waals surface area contributed by atoms with Crippen LogP contribution in [0, 0.1) is 0 Å². The van der Waals surface area contributed by atoms with Crippen molar-refractivity contribution in [1.29, 1.82) is 0 Å². The number of fused-ring (bicyclic) bond motifs is 1. The molecule has 0 aliphatic carbocycles. The fourth-order valence-electron chi connectivity index (χ4n) is 6.40. The molecule has 224 valence electrons. The number of esters is 1. The van der Waals surface area contributed by atoms with Crippen LogP contribution in [0.1, 0.15) is 52.5 Å². The van der Waals surface area contributed by atoms with E-state index in [1.807, 2.05) is 30.3 Å². The molecule has 1 atom stereocenters. The zero-order valence-corrected chi connectivity index (χ0v) is 24.5. The Balaban J connectivity index is 1.39. The van der Waals surface area contributed by atoms with Gasteiger partial charge in [0.2, 0.25) is 11.2 Å². The van der Waals surface area contributed by atoms with E-state index in [1.165, 1.54) is 13.2 Å². The van der Waals surface area contributed by atoms with Crippen molar-refractivity contribution in [2.45, 2.75) is 51.2 Å². The van der Waals surface area contributed by atoms with Gasteiger partial charge in [-0.25, -0.2) is 0 Å². The number of ether oxygens (including phenoxy) is 3. The van der Waals surface area contributed by atoms with Gasteiger partial charge >= 0.3 is 5.97 Å². The molecular formula is C33H34N2O8. The third kappa shape index (κ3) is 5.27. The molecule has 4 heterocycles. The second-order valence-electron chi connectivity index (χ2n) is 11.1. The van der Waals surface area contributed by atoms with Gasteiger partial charge in [-0.1, -0.05) is 18.2 Å². The zero-order chi connectivity index (χ0) is 30.2. The number of aryl methyl sites for hydroxylation is 2. The first-order valence-electron chi connectivity index (χ1n) is 14.4. The topological polar surface area (TPSA) is 120 Å². The fraction of sp³-hybridized carbons (Fsp3) is 0.364. The molecule has 2 aromatic heterocycles. The number of hydrogen-bond acceptors (Lipinski definition) is 9. The Bertz CT molecular complexity index is 1840.